The van der Waals surface area contributed by atoms with Crippen molar-refractivity contribution in [3.8, 4) is 11.4 Å². The lowest BCUT2D eigenvalue weighted by Gasteiger charge is -2.36. The Morgan fingerprint density at radius 2 is 1.81 bits per heavy atom. The molecular weight excluding hydrogens is 342 g/mol. The van der Waals surface area contributed by atoms with Crippen LogP contribution in [0.5, 0.6) is 0 Å². The number of hydrogen-bond acceptors (Lipinski definition) is 6. The highest BCUT2D eigenvalue weighted by atomic mass is 16.6. The van der Waals surface area contributed by atoms with E-state index in [0.29, 0.717) is 25.5 Å². The molecule has 0 unspecified atom stereocenters. The number of carbonyl (C=O) groups is 1. The molecule has 3 rings (SSSR count). The van der Waals surface area contributed by atoms with Gasteiger partial charge in [-0.2, -0.15) is 0 Å². The molecule has 2 N–H and O–H groups in total. The molecule has 144 valence electrons. The van der Waals surface area contributed by atoms with Gasteiger partial charge in [0.2, 0.25) is 0 Å². The van der Waals surface area contributed by atoms with E-state index in [1.54, 1.807) is 4.90 Å². The summed E-state index contributed by atoms with van der Waals surface area (Å²) in [5, 5.41) is 0. The second-order valence-corrected chi connectivity index (χ2v) is 7.62. The van der Waals surface area contributed by atoms with Crippen LogP contribution in [0.4, 0.5) is 10.5 Å². The molecule has 27 heavy (non-hydrogen) atoms. The van der Waals surface area contributed by atoms with Crippen LogP contribution in [0, 0.1) is 0 Å². The van der Waals surface area contributed by atoms with Crippen LogP contribution in [0.15, 0.2) is 36.7 Å². The first-order valence-corrected chi connectivity index (χ1v) is 9.20. The third kappa shape index (κ3) is 4.95. The van der Waals surface area contributed by atoms with Crippen molar-refractivity contribution in [1.82, 2.24) is 14.9 Å². The van der Waals surface area contributed by atoms with Crippen LogP contribution in [0.3, 0.4) is 0 Å². The number of amides is 1. The van der Waals surface area contributed by atoms with Crippen molar-refractivity contribution in [2.45, 2.75) is 32.9 Å². The summed E-state index contributed by atoms with van der Waals surface area (Å²) in [6, 6.07) is 7.94. The van der Waals surface area contributed by atoms with Crippen molar-refractivity contribution in [3.63, 3.8) is 0 Å². The highest BCUT2D eigenvalue weighted by Crippen LogP contribution is 2.20. The zero-order valence-electron chi connectivity index (χ0n) is 16.2. The topological polar surface area (TPSA) is 84.6 Å². The van der Waals surface area contributed by atoms with E-state index in [4.69, 9.17) is 10.5 Å². The van der Waals surface area contributed by atoms with E-state index in [1.807, 2.05) is 57.4 Å². The summed E-state index contributed by atoms with van der Waals surface area (Å²) >= 11 is 0. The van der Waals surface area contributed by atoms with E-state index >= 15 is 0 Å². The molecule has 1 saturated heterocycles. The monoisotopic (exact) mass is 369 g/mol. The Morgan fingerprint density at radius 3 is 2.41 bits per heavy atom. The predicted molar refractivity (Wildman–Crippen MR) is 105 cm³/mol. The molecule has 7 nitrogen and oxygen atoms in total. The molecule has 0 saturated carbocycles. The average molecular weight is 369 g/mol. The third-order valence-corrected chi connectivity index (χ3v) is 4.36. The normalized spacial score (nSPS) is 15.0. The van der Waals surface area contributed by atoms with Crippen LogP contribution in [0.25, 0.3) is 11.4 Å². The molecule has 0 aliphatic carbocycles. The first kappa shape index (κ1) is 19.1. The van der Waals surface area contributed by atoms with Crippen LogP contribution in [0.1, 0.15) is 26.3 Å². The van der Waals surface area contributed by atoms with E-state index in [0.717, 1.165) is 29.9 Å². The summed E-state index contributed by atoms with van der Waals surface area (Å²) in [4.78, 5) is 25.1. The minimum atomic E-state index is -0.473. The van der Waals surface area contributed by atoms with Gasteiger partial charge in [-0.25, -0.2) is 14.8 Å². The van der Waals surface area contributed by atoms with Gasteiger partial charge >= 0.3 is 6.09 Å². The average Bonchev–Trinajstić information content (AvgIpc) is 2.67. The van der Waals surface area contributed by atoms with Gasteiger partial charge in [0.15, 0.2) is 5.82 Å². The number of aromatic nitrogens is 2. The minimum absolute atomic E-state index is 0.256. The van der Waals surface area contributed by atoms with E-state index in [1.165, 1.54) is 0 Å². The van der Waals surface area contributed by atoms with E-state index < -0.39 is 5.60 Å². The third-order valence-electron chi connectivity index (χ3n) is 4.36. The van der Waals surface area contributed by atoms with Gasteiger partial charge in [0.1, 0.15) is 5.60 Å². The number of benzene rings is 1. The van der Waals surface area contributed by atoms with E-state index in [2.05, 4.69) is 14.9 Å². The second kappa shape index (κ2) is 7.92. The van der Waals surface area contributed by atoms with Gasteiger partial charge in [-0.1, -0.05) is 18.2 Å². The molecule has 1 amide bonds. The number of nitrogens with two attached hydrogens (primary N) is 1. The van der Waals surface area contributed by atoms with Gasteiger partial charge in [0.25, 0.3) is 0 Å². The summed E-state index contributed by atoms with van der Waals surface area (Å²) in [6.45, 7) is 8.82. The fraction of sp³-hybridized carbons (Fsp3) is 0.450. The highest BCUT2D eigenvalue weighted by Gasteiger charge is 2.26. The number of carbonyl (C=O) groups excluding carboxylic acids is 1. The largest absolute Gasteiger partial charge is 0.444 e. The molecule has 2 aromatic rings. The van der Waals surface area contributed by atoms with Gasteiger partial charge in [-0.15, -0.1) is 0 Å². The Kier molecular flexibility index (Phi) is 5.60. The molecule has 0 radical (unpaired) electrons. The number of piperazine rings is 1. The highest BCUT2D eigenvalue weighted by molar-refractivity contribution is 5.68. The fourth-order valence-electron chi connectivity index (χ4n) is 2.94. The van der Waals surface area contributed by atoms with Crippen molar-refractivity contribution in [2.75, 3.05) is 31.1 Å². The summed E-state index contributed by atoms with van der Waals surface area (Å²) < 4.78 is 5.44. The summed E-state index contributed by atoms with van der Waals surface area (Å²) in [5.41, 5.74) is 8.19. The van der Waals surface area contributed by atoms with Crippen LogP contribution in [-0.4, -0.2) is 52.7 Å². The Balaban J connectivity index is 1.61. The van der Waals surface area contributed by atoms with Gasteiger partial charge in [0, 0.05) is 38.3 Å². The van der Waals surface area contributed by atoms with Gasteiger partial charge in [-0.05, 0) is 32.4 Å². The number of ether oxygens (including phenoxy) is 1. The lowest BCUT2D eigenvalue weighted by molar-refractivity contribution is 0.0240. The predicted octanol–water partition coefficient (Wildman–Crippen LogP) is 2.66. The Hall–Kier alpha value is -2.67. The second-order valence-electron chi connectivity index (χ2n) is 7.62. The summed E-state index contributed by atoms with van der Waals surface area (Å²) in [7, 11) is 0. The van der Waals surface area contributed by atoms with Crippen molar-refractivity contribution in [2.24, 2.45) is 5.73 Å². The Morgan fingerprint density at radius 1 is 1.15 bits per heavy atom. The molecule has 1 aromatic carbocycles. The SMILES string of the molecule is CC(C)(C)OC(=O)N1CCN(c2cnc(-c3cccc(CN)c3)nc2)CC1. The maximum atomic E-state index is 12.2. The zero-order chi connectivity index (χ0) is 19.4. The van der Waals surface area contributed by atoms with Crippen molar-refractivity contribution in [3.05, 3.63) is 42.2 Å². The van der Waals surface area contributed by atoms with Crippen LogP contribution in [-0.2, 0) is 11.3 Å². The van der Waals surface area contributed by atoms with Crippen LogP contribution >= 0.6 is 0 Å². The van der Waals surface area contributed by atoms with Gasteiger partial charge in [0.05, 0.1) is 18.1 Å². The molecule has 0 bridgehead atoms. The number of nitrogens with zero attached hydrogens (tertiary/aromatic N) is 4. The summed E-state index contributed by atoms with van der Waals surface area (Å²) in [6.07, 6.45) is 3.41. The molecule has 2 heterocycles. The zero-order valence-corrected chi connectivity index (χ0v) is 16.2. The first-order valence-electron chi connectivity index (χ1n) is 9.20. The smallest absolute Gasteiger partial charge is 0.410 e. The van der Waals surface area contributed by atoms with Crippen LogP contribution < -0.4 is 10.6 Å². The maximum Gasteiger partial charge on any atom is 0.410 e. The van der Waals surface area contributed by atoms with Crippen molar-refractivity contribution < 1.29 is 9.53 Å². The molecule has 0 spiro atoms. The van der Waals surface area contributed by atoms with Crippen molar-refractivity contribution in [1.29, 1.82) is 0 Å². The Bertz CT molecular complexity index is 778. The molecule has 1 aliphatic rings. The lowest BCUT2D eigenvalue weighted by atomic mass is 10.1. The minimum Gasteiger partial charge on any atom is -0.444 e. The van der Waals surface area contributed by atoms with E-state index in [-0.39, 0.29) is 6.09 Å². The van der Waals surface area contributed by atoms with Crippen LogP contribution in [0.2, 0.25) is 0 Å². The molecule has 0 atom stereocenters. The first-order chi connectivity index (χ1) is 12.9. The summed E-state index contributed by atoms with van der Waals surface area (Å²) in [5.74, 6) is 0.682. The fourth-order valence-corrected chi connectivity index (χ4v) is 2.94. The molecule has 1 aliphatic heterocycles. The van der Waals surface area contributed by atoms with Crippen molar-refractivity contribution >= 4 is 11.8 Å². The lowest BCUT2D eigenvalue weighted by Crippen LogP contribution is -2.50. The van der Waals surface area contributed by atoms with E-state index in [9.17, 15) is 4.79 Å². The van der Waals surface area contributed by atoms with Gasteiger partial charge < -0.3 is 20.3 Å². The molecule has 1 fully saturated rings. The quantitative estimate of drug-likeness (QED) is 0.895. The maximum absolute atomic E-state index is 12.2. The number of rotatable bonds is 3. The molecule has 1 aromatic heterocycles. The number of hydrogen-bond donors (Lipinski definition) is 1. The Labute approximate surface area is 160 Å². The standard InChI is InChI=1S/C20H27N5O2/c1-20(2,3)27-19(26)25-9-7-24(8-10-25)17-13-22-18(23-14-17)16-6-4-5-15(11-16)12-21/h4-6,11,13-14H,7-10,12,21H2,1-3H3. The van der Waals surface area contributed by atoms with Gasteiger partial charge in [-0.3, -0.25) is 0 Å². The number of anilines is 1. The molecule has 7 heteroatoms. The molecular formula is C20H27N5O2.